The summed E-state index contributed by atoms with van der Waals surface area (Å²) in [6, 6.07) is 7.00. The van der Waals surface area contributed by atoms with E-state index in [2.05, 4.69) is 4.74 Å². The Balaban J connectivity index is 0.00000196. The lowest BCUT2D eigenvalue weighted by Gasteiger charge is -2.12. The number of nitrogens with two attached hydrogens (primary N) is 1. The summed E-state index contributed by atoms with van der Waals surface area (Å²) >= 11 is 5.73. The van der Waals surface area contributed by atoms with Crippen molar-refractivity contribution in [1.29, 1.82) is 0 Å². The van der Waals surface area contributed by atoms with Crippen LogP contribution in [0, 0.1) is 0 Å². The third kappa shape index (κ3) is 3.70. The first-order chi connectivity index (χ1) is 6.69. The van der Waals surface area contributed by atoms with Gasteiger partial charge in [-0.3, -0.25) is 4.79 Å². The van der Waals surface area contributed by atoms with Gasteiger partial charge in [0.2, 0.25) is 0 Å². The number of benzene rings is 1. The molecule has 0 radical (unpaired) electrons. The molecule has 15 heavy (non-hydrogen) atoms. The van der Waals surface area contributed by atoms with Crippen LogP contribution in [0.25, 0.3) is 0 Å². The molecule has 0 aliphatic carbocycles. The fraction of sp³-hybridized carbons (Fsp3) is 0.300. The summed E-state index contributed by atoms with van der Waals surface area (Å²) in [5, 5.41) is 0.634. The maximum absolute atomic E-state index is 11.3. The van der Waals surface area contributed by atoms with Gasteiger partial charge in [0.15, 0.2) is 0 Å². The Morgan fingerprint density at radius 2 is 2.00 bits per heavy atom. The molecule has 0 heterocycles. The summed E-state index contributed by atoms with van der Waals surface area (Å²) in [5.74, 6) is -0.730. The number of hydrogen-bond donors (Lipinski definition) is 1. The molecule has 1 aromatic rings. The molecule has 1 unspecified atom stereocenters. The summed E-state index contributed by atoms with van der Waals surface area (Å²) in [6.07, 6.45) is 0. The van der Waals surface area contributed by atoms with Gasteiger partial charge in [-0.2, -0.15) is 0 Å². The molecule has 3 nitrogen and oxygen atoms in total. The van der Waals surface area contributed by atoms with Gasteiger partial charge in [0.25, 0.3) is 0 Å². The van der Waals surface area contributed by atoms with Crippen molar-refractivity contribution in [2.45, 2.75) is 5.92 Å². The zero-order valence-electron chi connectivity index (χ0n) is 8.27. The number of carbonyl (C=O) groups excluding carboxylic acids is 1. The molecule has 0 aliphatic rings. The molecule has 0 fully saturated rings. The van der Waals surface area contributed by atoms with Crippen molar-refractivity contribution < 1.29 is 9.53 Å². The molecule has 1 rings (SSSR count). The molecule has 0 saturated heterocycles. The van der Waals surface area contributed by atoms with Crippen molar-refractivity contribution in [3.8, 4) is 0 Å². The molecule has 0 bridgehead atoms. The molecule has 1 atom stereocenters. The number of esters is 1. The average molecular weight is 250 g/mol. The van der Waals surface area contributed by atoms with E-state index < -0.39 is 5.92 Å². The highest BCUT2D eigenvalue weighted by molar-refractivity contribution is 6.30. The van der Waals surface area contributed by atoms with E-state index in [1.54, 1.807) is 24.3 Å². The van der Waals surface area contributed by atoms with Gasteiger partial charge in [-0.25, -0.2) is 0 Å². The van der Waals surface area contributed by atoms with Crippen LogP contribution in [0.3, 0.4) is 0 Å². The number of hydrogen-bond acceptors (Lipinski definition) is 3. The van der Waals surface area contributed by atoms with Gasteiger partial charge in [0.05, 0.1) is 13.0 Å². The number of halogens is 2. The van der Waals surface area contributed by atoms with Crippen molar-refractivity contribution >= 4 is 30.0 Å². The largest absolute Gasteiger partial charge is 0.469 e. The monoisotopic (exact) mass is 249 g/mol. The maximum Gasteiger partial charge on any atom is 0.314 e. The molecule has 0 aromatic heterocycles. The first-order valence-electron chi connectivity index (χ1n) is 4.22. The first-order valence-corrected chi connectivity index (χ1v) is 4.60. The van der Waals surface area contributed by atoms with E-state index in [-0.39, 0.29) is 24.9 Å². The fourth-order valence-electron chi connectivity index (χ4n) is 1.21. The second-order valence-electron chi connectivity index (χ2n) is 2.86. The molecular weight excluding hydrogens is 237 g/mol. The Morgan fingerprint density at radius 3 is 2.40 bits per heavy atom. The van der Waals surface area contributed by atoms with Crippen molar-refractivity contribution in [1.82, 2.24) is 0 Å². The quantitative estimate of drug-likeness (QED) is 0.834. The minimum absolute atomic E-state index is 0. The van der Waals surface area contributed by atoms with E-state index in [0.29, 0.717) is 5.02 Å². The van der Waals surface area contributed by atoms with Gasteiger partial charge < -0.3 is 10.5 Å². The maximum atomic E-state index is 11.3. The Kier molecular flexibility index (Phi) is 6.32. The van der Waals surface area contributed by atoms with Gasteiger partial charge in [-0.05, 0) is 17.7 Å². The molecule has 1 aromatic carbocycles. The third-order valence-corrected chi connectivity index (χ3v) is 2.25. The SMILES string of the molecule is COC(=O)C(CN)c1ccc(Cl)cc1.Cl. The van der Waals surface area contributed by atoms with E-state index in [9.17, 15) is 4.79 Å². The Labute approximate surface area is 100.0 Å². The predicted octanol–water partition coefficient (Wildman–Crippen LogP) is 1.98. The lowest BCUT2D eigenvalue weighted by atomic mass is 10.00. The summed E-state index contributed by atoms with van der Waals surface area (Å²) < 4.78 is 4.64. The third-order valence-electron chi connectivity index (χ3n) is 1.99. The molecule has 2 N–H and O–H groups in total. The highest BCUT2D eigenvalue weighted by Gasteiger charge is 2.19. The molecule has 0 aliphatic heterocycles. The summed E-state index contributed by atoms with van der Waals surface area (Å²) in [7, 11) is 1.35. The van der Waals surface area contributed by atoms with Crippen LogP contribution in [0.4, 0.5) is 0 Å². The number of rotatable bonds is 3. The summed E-state index contributed by atoms with van der Waals surface area (Å²) in [4.78, 5) is 11.3. The predicted molar refractivity (Wildman–Crippen MR) is 62.5 cm³/mol. The van der Waals surface area contributed by atoms with Crippen LogP contribution in [-0.4, -0.2) is 19.6 Å². The van der Waals surface area contributed by atoms with Crippen LogP contribution < -0.4 is 5.73 Å². The normalized spacial score (nSPS) is 11.4. The smallest absolute Gasteiger partial charge is 0.314 e. The van der Waals surface area contributed by atoms with Gasteiger partial charge >= 0.3 is 5.97 Å². The van der Waals surface area contributed by atoms with Crippen molar-refractivity contribution in [2.24, 2.45) is 5.73 Å². The zero-order chi connectivity index (χ0) is 10.6. The van der Waals surface area contributed by atoms with Gasteiger partial charge in [-0.1, -0.05) is 23.7 Å². The summed E-state index contributed by atoms with van der Waals surface area (Å²) in [6.45, 7) is 0.230. The van der Waals surface area contributed by atoms with Crippen LogP contribution in [0.2, 0.25) is 5.02 Å². The Hall–Kier alpha value is -0.770. The van der Waals surface area contributed by atoms with Crippen LogP contribution in [0.1, 0.15) is 11.5 Å². The Bertz CT molecular complexity index is 314. The van der Waals surface area contributed by atoms with E-state index in [4.69, 9.17) is 17.3 Å². The lowest BCUT2D eigenvalue weighted by molar-refractivity contribution is -0.142. The number of carbonyl (C=O) groups is 1. The van der Waals surface area contributed by atoms with Crippen LogP contribution in [-0.2, 0) is 9.53 Å². The van der Waals surface area contributed by atoms with Gasteiger partial charge in [0, 0.05) is 11.6 Å². The van der Waals surface area contributed by atoms with E-state index in [0.717, 1.165) is 5.56 Å². The van der Waals surface area contributed by atoms with E-state index >= 15 is 0 Å². The van der Waals surface area contributed by atoms with Crippen LogP contribution in [0.5, 0.6) is 0 Å². The molecular formula is C10H13Cl2NO2. The van der Waals surface area contributed by atoms with Crippen molar-refractivity contribution in [2.75, 3.05) is 13.7 Å². The first kappa shape index (κ1) is 14.2. The van der Waals surface area contributed by atoms with E-state index in [1.807, 2.05) is 0 Å². The molecule has 0 spiro atoms. The minimum Gasteiger partial charge on any atom is -0.469 e. The van der Waals surface area contributed by atoms with Crippen LogP contribution >= 0.6 is 24.0 Å². The van der Waals surface area contributed by atoms with Crippen molar-refractivity contribution in [3.05, 3.63) is 34.9 Å². The molecule has 0 amide bonds. The second kappa shape index (κ2) is 6.67. The van der Waals surface area contributed by atoms with Crippen LogP contribution in [0.15, 0.2) is 24.3 Å². The van der Waals surface area contributed by atoms with E-state index in [1.165, 1.54) is 7.11 Å². The van der Waals surface area contributed by atoms with Crippen molar-refractivity contribution in [3.63, 3.8) is 0 Å². The summed E-state index contributed by atoms with van der Waals surface area (Å²) in [5.41, 5.74) is 6.31. The van der Waals surface area contributed by atoms with Gasteiger partial charge in [-0.15, -0.1) is 12.4 Å². The standard InChI is InChI=1S/C10H12ClNO2.ClH/c1-14-10(13)9(6-12)7-2-4-8(11)5-3-7;/h2-5,9H,6,12H2,1H3;1H. The fourth-order valence-corrected chi connectivity index (χ4v) is 1.33. The lowest BCUT2D eigenvalue weighted by Crippen LogP contribution is -2.22. The minimum atomic E-state index is -0.405. The van der Waals surface area contributed by atoms with Gasteiger partial charge in [0.1, 0.15) is 0 Å². The Morgan fingerprint density at radius 1 is 1.47 bits per heavy atom. The highest BCUT2D eigenvalue weighted by atomic mass is 35.5. The number of ether oxygens (including phenoxy) is 1. The molecule has 84 valence electrons. The number of methoxy groups -OCH3 is 1. The molecule has 5 heteroatoms. The highest BCUT2D eigenvalue weighted by Crippen LogP contribution is 2.18. The zero-order valence-corrected chi connectivity index (χ0v) is 9.85. The average Bonchev–Trinajstić information content (AvgIpc) is 2.21. The topological polar surface area (TPSA) is 52.3 Å². The molecule has 0 saturated carbocycles. The second-order valence-corrected chi connectivity index (χ2v) is 3.30.